The Bertz CT molecular complexity index is 1590. The first kappa shape index (κ1) is 25.3. The van der Waals surface area contributed by atoms with Gasteiger partial charge in [0, 0.05) is 0 Å². The van der Waals surface area contributed by atoms with Crippen molar-refractivity contribution < 1.29 is 28.7 Å². The summed E-state index contributed by atoms with van der Waals surface area (Å²) in [6, 6.07) is 29.7. The van der Waals surface area contributed by atoms with E-state index in [1.807, 2.05) is 55.5 Å². The molecule has 8 nitrogen and oxygen atoms in total. The van der Waals surface area contributed by atoms with Gasteiger partial charge in [-0.25, -0.2) is 14.8 Å². The maximum Gasteiger partial charge on any atom is 0.343 e. The van der Waals surface area contributed by atoms with E-state index in [1.54, 1.807) is 59.7 Å². The highest BCUT2D eigenvalue weighted by Gasteiger charge is 2.60. The zero-order valence-electron chi connectivity index (χ0n) is 21.9. The molecule has 2 saturated heterocycles. The van der Waals surface area contributed by atoms with Gasteiger partial charge in [0.05, 0.1) is 30.1 Å². The van der Waals surface area contributed by atoms with E-state index in [0.29, 0.717) is 28.3 Å². The Morgan fingerprint density at radius 1 is 0.775 bits per heavy atom. The Hall–Kier alpha value is -4.95. The number of aryl methyl sites for hydroxylation is 1. The minimum Gasteiger partial charge on any atom is -0.493 e. The van der Waals surface area contributed by atoms with E-state index in [0.717, 1.165) is 5.56 Å². The number of methoxy groups -OCH3 is 1. The quantitative estimate of drug-likeness (QED) is 0.189. The number of rotatable bonds is 6. The van der Waals surface area contributed by atoms with Crippen molar-refractivity contribution in [3.63, 3.8) is 0 Å². The monoisotopic (exact) mass is 534 g/mol. The zero-order chi connectivity index (χ0) is 27.8. The number of para-hydroxylation sites is 1. The number of imide groups is 1. The van der Waals surface area contributed by atoms with Crippen molar-refractivity contribution >= 4 is 29.2 Å². The Balaban J connectivity index is 1.38. The molecule has 200 valence electrons. The molecule has 0 radical (unpaired) electrons. The van der Waals surface area contributed by atoms with Gasteiger partial charge >= 0.3 is 5.97 Å². The lowest BCUT2D eigenvalue weighted by Gasteiger charge is -2.29. The molecule has 0 saturated carbocycles. The molecule has 0 unspecified atom stereocenters. The molecule has 4 aromatic carbocycles. The third kappa shape index (κ3) is 4.38. The number of esters is 1. The van der Waals surface area contributed by atoms with Crippen molar-refractivity contribution in [3.05, 3.63) is 120 Å². The number of fused-ring (bicyclic) bond motifs is 1. The fourth-order valence-corrected chi connectivity index (χ4v) is 5.26. The average molecular weight is 535 g/mol. The number of carbonyl (C=O) groups excluding carboxylic acids is 3. The summed E-state index contributed by atoms with van der Waals surface area (Å²) in [7, 11) is 1.48. The Kier molecular flexibility index (Phi) is 6.53. The molecule has 0 bridgehead atoms. The van der Waals surface area contributed by atoms with Crippen LogP contribution in [0.5, 0.6) is 11.5 Å². The summed E-state index contributed by atoms with van der Waals surface area (Å²) in [6.07, 6.45) is -1.00. The highest BCUT2D eigenvalue weighted by Crippen LogP contribution is 2.48. The van der Waals surface area contributed by atoms with E-state index < -0.39 is 29.9 Å². The van der Waals surface area contributed by atoms with Crippen LogP contribution in [0.4, 0.5) is 11.4 Å². The number of anilines is 2. The van der Waals surface area contributed by atoms with Gasteiger partial charge in [0.2, 0.25) is 5.91 Å². The van der Waals surface area contributed by atoms with Crippen molar-refractivity contribution in [2.24, 2.45) is 5.92 Å². The van der Waals surface area contributed by atoms with Crippen LogP contribution in [-0.4, -0.2) is 31.0 Å². The summed E-state index contributed by atoms with van der Waals surface area (Å²) in [5.41, 5.74) is 3.22. The normalized spacial score (nSPS) is 20.0. The van der Waals surface area contributed by atoms with Gasteiger partial charge in [0.1, 0.15) is 5.92 Å². The van der Waals surface area contributed by atoms with Gasteiger partial charge in [0.25, 0.3) is 5.91 Å². The van der Waals surface area contributed by atoms with Crippen LogP contribution in [-0.2, 0) is 14.4 Å². The van der Waals surface area contributed by atoms with Crippen molar-refractivity contribution in [1.82, 2.24) is 0 Å². The third-order valence-corrected chi connectivity index (χ3v) is 7.13. The SMILES string of the molecule is COc1cc([C@H]2[C@H]3C(=O)N(c4cccc(C)c4)C(=O)[C@H]3ON2c2ccccc2)ccc1OC(=O)c1ccccc1. The number of hydroxylamine groups is 1. The largest absolute Gasteiger partial charge is 0.493 e. The molecule has 2 heterocycles. The molecule has 2 fully saturated rings. The Morgan fingerprint density at radius 3 is 2.17 bits per heavy atom. The van der Waals surface area contributed by atoms with Crippen molar-refractivity contribution in [2.75, 3.05) is 17.1 Å². The summed E-state index contributed by atoms with van der Waals surface area (Å²) in [6.45, 7) is 1.91. The van der Waals surface area contributed by atoms with Crippen molar-refractivity contribution in [1.29, 1.82) is 0 Å². The van der Waals surface area contributed by atoms with E-state index in [4.69, 9.17) is 14.3 Å². The molecule has 40 heavy (non-hydrogen) atoms. The molecule has 2 aliphatic rings. The van der Waals surface area contributed by atoms with Gasteiger partial charge in [-0.2, -0.15) is 0 Å². The van der Waals surface area contributed by atoms with Crippen LogP contribution in [0.3, 0.4) is 0 Å². The second kappa shape index (κ2) is 10.3. The summed E-state index contributed by atoms with van der Waals surface area (Å²) >= 11 is 0. The number of hydrogen-bond donors (Lipinski definition) is 0. The predicted octanol–water partition coefficient (Wildman–Crippen LogP) is 5.27. The highest BCUT2D eigenvalue weighted by atomic mass is 16.7. The minimum absolute atomic E-state index is 0.233. The lowest BCUT2D eigenvalue weighted by molar-refractivity contribution is -0.126. The number of carbonyl (C=O) groups is 3. The van der Waals surface area contributed by atoms with Gasteiger partial charge in [-0.1, -0.05) is 54.6 Å². The maximum atomic E-state index is 13.9. The van der Waals surface area contributed by atoms with E-state index in [9.17, 15) is 14.4 Å². The third-order valence-electron chi connectivity index (χ3n) is 7.13. The fraction of sp³-hybridized carbons (Fsp3) is 0.156. The number of ether oxygens (including phenoxy) is 2. The minimum atomic E-state index is -1.00. The molecule has 2 amide bonds. The maximum absolute atomic E-state index is 13.9. The Labute approximate surface area is 231 Å². The molecule has 0 spiro atoms. The average Bonchev–Trinajstić information content (AvgIpc) is 3.49. The van der Waals surface area contributed by atoms with E-state index in [1.165, 1.54) is 12.0 Å². The first-order valence-electron chi connectivity index (χ1n) is 12.9. The summed E-state index contributed by atoms with van der Waals surface area (Å²) in [5.74, 6) is -1.54. The first-order chi connectivity index (χ1) is 19.5. The highest BCUT2D eigenvalue weighted by molar-refractivity contribution is 6.24. The topological polar surface area (TPSA) is 85.4 Å². The van der Waals surface area contributed by atoms with Crippen LogP contribution in [0.15, 0.2) is 103 Å². The predicted molar refractivity (Wildman–Crippen MR) is 148 cm³/mol. The smallest absolute Gasteiger partial charge is 0.343 e. The van der Waals surface area contributed by atoms with Crippen LogP contribution in [0.1, 0.15) is 27.5 Å². The van der Waals surface area contributed by atoms with Gasteiger partial charge < -0.3 is 9.47 Å². The molecule has 4 aromatic rings. The second-order valence-electron chi connectivity index (χ2n) is 9.67. The van der Waals surface area contributed by atoms with Crippen LogP contribution in [0, 0.1) is 12.8 Å². The van der Waals surface area contributed by atoms with Gasteiger partial charge in [-0.3, -0.25) is 14.4 Å². The first-order valence-corrected chi connectivity index (χ1v) is 12.9. The fourth-order valence-electron chi connectivity index (χ4n) is 5.26. The molecule has 2 aliphatic heterocycles. The van der Waals surface area contributed by atoms with Gasteiger partial charge in [-0.15, -0.1) is 0 Å². The lowest BCUT2D eigenvalue weighted by Crippen LogP contribution is -2.37. The van der Waals surface area contributed by atoms with Crippen LogP contribution >= 0.6 is 0 Å². The van der Waals surface area contributed by atoms with Crippen LogP contribution < -0.4 is 19.4 Å². The summed E-state index contributed by atoms with van der Waals surface area (Å²) in [5, 5.41) is 1.61. The number of nitrogens with zero attached hydrogens (tertiary/aromatic N) is 2. The van der Waals surface area contributed by atoms with E-state index in [-0.39, 0.29) is 11.7 Å². The molecule has 8 heteroatoms. The zero-order valence-corrected chi connectivity index (χ0v) is 21.9. The number of hydrogen-bond acceptors (Lipinski definition) is 7. The molecule has 0 N–H and O–H groups in total. The van der Waals surface area contributed by atoms with Crippen molar-refractivity contribution in [3.8, 4) is 11.5 Å². The van der Waals surface area contributed by atoms with E-state index in [2.05, 4.69) is 0 Å². The number of amides is 2. The van der Waals surface area contributed by atoms with Crippen LogP contribution in [0.2, 0.25) is 0 Å². The number of benzene rings is 4. The summed E-state index contributed by atoms with van der Waals surface area (Å²) in [4.78, 5) is 47.6. The van der Waals surface area contributed by atoms with Crippen molar-refractivity contribution in [2.45, 2.75) is 19.1 Å². The Morgan fingerprint density at radius 2 is 1.48 bits per heavy atom. The van der Waals surface area contributed by atoms with Gasteiger partial charge in [0.15, 0.2) is 17.6 Å². The van der Waals surface area contributed by atoms with E-state index >= 15 is 0 Å². The molecule has 0 aliphatic carbocycles. The molecular weight excluding hydrogens is 508 g/mol. The summed E-state index contributed by atoms with van der Waals surface area (Å²) < 4.78 is 11.2. The molecule has 6 rings (SSSR count). The van der Waals surface area contributed by atoms with Gasteiger partial charge in [-0.05, 0) is 66.6 Å². The molecular formula is C32H26N2O6. The lowest BCUT2D eigenvalue weighted by atomic mass is 9.90. The molecule has 3 atom stereocenters. The van der Waals surface area contributed by atoms with Crippen LogP contribution in [0.25, 0.3) is 0 Å². The molecule has 0 aromatic heterocycles. The second-order valence-corrected chi connectivity index (χ2v) is 9.67. The standard InChI is InChI=1S/C32H26N2O6/c1-20-10-9-15-24(18-20)33-30(35)27-28(34(40-29(27)31(33)36)23-13-7-4-8-14-23)22-16-17-25(26(19-22)38-2)39-32(37)21-11-5-3-6-12-21/h3-19,27-29H,1-2H3/t27-,28+,29+/m1/s1.